The van der Waals surface area contributed by atoms with Gasteiger partial charge in [-0.2, -0.15) is 0 Å². The third-order valence-corrected chi connectivity index (χ3v) is 4.11. The van der Waals surface area contributed by atoms with Crippen LogP contribution in [0.1, 0.15) is 18.1 Å². The molecule has 118 valence electrons. The van der Waals surface area contributed by atoms with Crippen LogP contribution in [0.4, 0.5) is 10.5 Å². The quantitative estimate of drug-likeness (QED) is 0.869. The Hall–Kier alpha value is -1.76. The lowest BCUT2D eigenvalue weighted by Gasteiger charge is -2.26. The number of ether oxygens (including phenoxy) is 1. The molecule has 6 nitrogen and oxygen atoms in total. The summed E-state index contributed by atoms with van der Waals surface area (Å²) in [6.45, 7) is 6.04. The fraction of sp³-hybridized carbons (Fsp3) is 0.500. The summed E-state index contributed by atoms with van der Waals surface area (Å²) >= 11 is 0. The van der Waals surface area contributed by atoms with E-state index in [4.69, 9.17) is 4.74 Å². The van der Waals surface area contributed by atoms with Crippen molar-refractivity contribution in [3.8, 4) is 0 Å². The predicted molar refractivity (Wildman–Crippen MR) is 83.1 cm³/mol. The van der Waals surface area contributed by atoms with Gasteiger partial charge in [0.15, 0.2) is 0 Å². The summed E-state index contributed by atoms with van der Waals surface area (Å²) in [6.07, 6.45) is 0.607. The second-order valence-electron chi connectivity index (χ2n) is 4.72. The lowest BCUT2D eigenvalue weighted by atomic mass is 10.1. The van der Waals surface area contributed by atoms with Crippen molar-refractivity contribution >= 4 is 21.8 Å². The van der Waals surface area contributed by atoms with Gasteiger partial charge in [0, 0.05) is 6.54 Å². The van der Waals surface area contributed by atoms with Crippen molar-refractivity contribution in [1.29, 1.82) is 0 Å². The van der Waals surface area contributed by atoms with Gasteiger partial charge in [-0.1, -0.05) is 18.2 Å². The number of rotatable bonds is 6. The van der Waals surface area contributed by atoms with E-state index in [1.807, 2.05) is 32.0 Å². The number of sulfonamides is 1. The van der Waals surface area contributed by atoms with Gasteiger partial charge in [-0.3, -0.25) is 4.31 Å². The number of benzene rings is 1. The molecule has 0 saturated heterocycles. The summed E-state index contributed by atoms with van der Waals surface area (Å²) in [7, 11) is -3.43. The number of nitrogens with one attached hydrogen (secondary N) is 1. The van der Waals surface area contributed by atoms with E-state index in [1.165, 1.54) is 4.31 Å². The third kappa shape index (κ3) is 4.93. The number of carbonyl (C=O) groups excluding carboxylic acids is 1. The highest BCUT2D eigenvalue weighted by atomic mass is 32.2. The van der Waals surface area contributed by atoms with E-state index in [0.717, 1.165) is 17.4 Å². The Morgan fingerprint density at radius 3 is 2.33 bits per heavy atom. The number of hydrogen-bond donors (Lipinski definition) is 1. The summed E-state index contributed by atoms with van der Waals surface area (Å²) in [5.74, 6) is 0. The molecule has 1 N–H and O–H groups in total. The van der Waals surface area contributed by atoms with Crippen LogP contribution < -0.4 is 9.62 Å². The maximum atomic E-state index is 12.0. The molecule has 1 aromatic rings. The highest BCUT2D eigenvalue weighted by Gasteiger charge is 2.20. The summed E-state index contributed by atoms with van der Waals surface area (Å²) < 4.78 is 30.1. The van der Waals surface area contributed by atoms with Crippen molar-refractivity contribution < 1.29 is 17.9 Å². The van der Waals surface area contributed by atoms with Crippen LogP contribution in [0.25, 0.3) is 0 Å². The standard InChI is InChI=1S/C14H22N2O4S/c1-5-20-14(17)15-9-10-16(21(4,18)19)13-11(2)7-6-8-12(13)3/h6-8H,5,9-10H2,1-4H3,(H,15,17). The molecular formula is C14H22N2O4S. The first-order valence-electron chi connectivity index (χ1n) is 6.72. The SMILES string of the molecule is CCOC(=O)NCCN(c1c(C)cccc1C)S(C)(=O)=O. The van der Waals surface area contributed by atoms with Crippen LogP contribution in [0.3, 0.4) is 0 Å². The lowest BCUT2D eigenvalue weighted by Crippen LogP contribution is -2.39. The van der Waals surface area contributed by atoms with Gasteiger partial charge >= 0.3 is 6.09 Å². The van der Waals surface area contributed by atoms with Gasteiger partial charge in [0.25, 0.3) is 0 Å². The first kappa shape index (κ1) is 17.3. The van der Waals surface area contributed by atoms with Gasteiger partial charge in [0.1, 0.15) is 0 Å². The summed E-state index contributed by atoms with van der Waals surface area (Å²) in [4.78, 5) is 11.2. The molecule has 0 aliphatic carbocycles. The molecule has 1 amide bonds. The van der Waals surface area contributed by atoms with E-state index >= 15 is 0 Å². The molecule has 0 aromatic heterocycles. The zero-order valence-corrected chi connectivity index (χ0v) is 13.7. The third-order valence-electron chi connectivity index (χ3n) is 2.95. The van der Waals surface area contributed by atoms with Gasteiger partial charge in [-0.15, -0.1) is 0 Å². The van der Waals surface area contributed by atoms with Crippen LogP contribution in [-0.2, 0) is 14.8 Å². The first-order chi connectivity index (χ1) is 9.77. The van der Waals surface area contributed by atoms with Crippen molar-refractivity contribution in [1.82, 2.24) is 5.32 Å². The molecule has 0 atom stereocenters. The number of para-hydroxylation sites is 1. The average Bonchev–Trinajstić information content (AvgIpc) is 2.35. The number of aryl methyl sites for hydroxylation is 2. The van der Waals surface area contributed by atoms with E-state index < -0.39 is 16.1 Å². The molecule has 0 saturated carbocycles. The second kappa shape index (κ2) is 7.31. The maximum Gasteiger partial charge on any atom is 0.407 e. The Morgan fingerprint density at radius 2 is 1.86 bits per heavy atom. The van der Waals surface area contributed by atoms with Crippen LogP contribution in [0.5, 0.6) is 0 Å². The Kier molecular flexibility index (Phi) is 6.02. The summed E-state index contributed by atoms with van der Waals surface area (Å²) in [5, 5.41) is 2.53. The molecule has 0 heterocycles. The van der Waals surface area contributed by atoms with Crippen LogP contribution in [0.2, 0.25) is 0 Å². The molecule has 0 bridgehead atoms. The number of anilines is 1. The molecule has 0 aliphatic heterocycles. The molecule has 0 unspecified atom stereocenters. The van der Waals surface area contributed by atoms with E-state index in [1.54, 1.807) is 6.92 Å². The largest absolute Gasteiger partial charge is 0.450 e. The second-order valence-corrected chi connectivity index (χ2v) is 6.63. The number of carbonyl (C=O) groups is 1. The fourth-order valence-corrected chi connectivity index (χ4v) is 3.13. The number of hydrogen-bond acceptors (Lipinski definition) is 4. The zero-order valence-electron chi connectivity index (χ0n) is 12.8. The maximum absolute atomic E-state index is 12.0. The molecule has 21 heavy (non-hydrogen) atoms. The van der Waals surface area contributed by atoms with Crippen molar-refractivity contribution in [3.63, 3.8) is 0 Å². The summed E-state index contributed by atoms with van der Waals surface area (Å²) in [6, 6.07) is 5.60. The molecular weight excluding hydrogens is 292 g/mol. The number of alkyl carbamates (subject to hydrolysis) is 1. The van der Waals surface area contributed by atoms with Gasteiger partial charge in [-0.25, -0.2) is 13.2 Å². The zero-order chi connectivity index (χ0) is 16.0. The van der Waals surface area contributed by atoms with E-state index in [9.17, 15) is 13.2 Å². The Balaban J connectivity index is 2.91. The minimum absolute atomic E-state index is 0.156. The van der Waals surface area contributed by atoms with Crippen molar-refractivity contribution in [2.45, 2.75) is 20.8 Å². The minimum atomic E-state index is -3.43. The number of nitrogens with zero attached hydrogens (tertiary/aromatic N) is 1. The normalized spacial score (nSPS) is 11.0. The smallest absolute Gasteiger partial charge is 0.407 e. The Labute approximate surface area is 126 Å². The van der Waals surface area contributed by atoms with E-state index in [0.29, 0.717) is 5.69 Å². The molecule has 7 heteroatoms. The van der Waals surface area contributed by atoms with Crippen molar-refractivity contribution in [2.24, 2.45) is 0 Å². The molecule has 1 aromatic carbocycles. The fourth-order valence-electron chi connectivity index (χ4n) is 2.08. The highest BCUT2D eigenvalue weighted by Crippen LogP contribution is 2.26. The molecule has 0 spiro atoms. The van der Waals surface area contributed by atoms with Crippen LogP contribution in [0.15, 0.2) is 18.2 Å². The van der Waals surface area contributed by atoms with Gasteiger partial charge in [0.2, 0.25) is 10.0 Å². The van der Waals surface area contributed by atoms with Gasteiger partial charge < -0.3 is 10.1 Å². The van der Waals surface area contributed by atoms with Crippen molar-refractivity contribution in [2.75, 3.05) is 30.3 Å². The Bertz CT molecular complexity index is 579. The van der Waals surface area contributed by atoms with Crippen molar-refractivity contribution in [3.05, 3.63) is 29.3 Å². The number of amides is 1. The summed E-state index contributed by atoms with van der Waals surface area (Å²) in [5.41, 5.74) is 2.40. The van der Waals surface area contributed by atoms with Crippen LogP contribution in [-0.4, -0.2) is 40.5 Å². The first-order valence-corrected chi connectivity index (χ1v) is 8.56. The lowest BCUT2D eigenvalue weighted by molar-refractivity contribution is 0.152. The average molecular weight is 314 g/mol. The topological polar surface area (TPSA) is 75.7 Å². The highest BCUT2D eigenvalue weighted by molar-refractivity contribution is 7.92. The van der Waals surface area contributed by atoms with E-state index in [2.05, 4.69) is 5.32 Å². The van der Waals surface area contributed by atoms with Gasteiger partial charge in [-0.05, 0) is 31.9 Å². The monoisotopic (exact) mass is 314 g/mol. The minimum Gasteiger partial charge on any atom is -0.450 e. The molecule has 1 rings (SSSR count). The van der Waals surface area contributed by atoms with Gasteiger partial charge in [0.05, 0.1) is 25.1 Å². The molecule has 0 radical (unpaired) electrons. The van der Waals surface area contributed by atoms with Crippen LogP contribution in [0, 0.1) is 13.8 Å². The Morgan fingerprint density at radius 1 is 1.29 bits per heavy atom. The predicted octanol–water partition coefficient (Wildman–Crippen LogP) is 1.82. The molecule has 0 fully saturated rings. The van der Waals surface area contributed by atoms with E-state index in [-0.39, 0.29) is 19.7 Å². The molecule has 0 aliphatic rings. The van der Waals surface area contributed by atoms with Crippen LogP contribution >= 0.6 is 0 Å².